The van der Waals surface area contributed by atoms with Crippen molar-refractivity contribution in [3.8, 4) is 11.3 Å². The van der Waals surface area contributed by atoms with Crippen molar-refractivity contribution in [1.82, 2.24) is 10.3 Å². The summed E-state index contributed by atoms with van der Waals surface area (Å²) in [6, 6.07) is 11.3. The van der Waals surface area contributed by atoms with Crippen LogP contribution in [0.1, 0.15) is 55.0 Å². The first kappa shape index (κ1) is 16.2. The van der Waals surface area contributed by atoms with E-state index in [1.54, 1.807) is 0 Å². The Bertz CT molecular complexity index is 661. The summed E-state index contributed by atoms with van der Waals surface area (Å²) in [5.74, 6) is 0. The summed E-state index contributed by atoms with van der Waals surface area (Å²) in [4.78, 5) is 4.85. The zero-order valence-electron chi connectivity index (χ0n) is 14.5. The number of rotatable bonds is 6. The Morgan fingerprint density at radius 3 is 2.65 bits per heavy atom. The van der Waals surface area contributed by atoms with Gasteiger partial charge >= 0.3 is 0 Å². The van der Waals surface area contributed by atoms with Gasteiger partial charge in [-0.2, -0.15) is 0 Å². The maximum Gasteiger partial charge on any atom is 0.0705 e. The summed E-state index contributed by atoms with van der Waals surface area (Å²) < 4.78 is 0. The fourth-order valence-corrected chi connectivity index (χ4v) is 3.36. The maximum absolute atomic E-state index is 4.85. The fraction of sp³-hybridized carbons (Fsp3) is 0.476. The lowest BCUT2D eigenvalue weighted by Gasteiger charge is -2.17. The molecule has 3 rings (SSSR count). The van der Waals surface area contributed by atoms with Gasteiger partial charge in [0.2, 0.25) is 0 Å². The lowest BCUT2D eigenvalue weighted by Crippen LogP contribution is -2.15. The molecular formula is C21H28N2. The number of nitrogens with zero attached hydrogens (tertiary/aromatic N) is 1. The Labute approximate surface area is 140 Å². The van der Waals surface area contributed by atoms with Gasteiger partial charge in [-0.3, -0.25) is 4.98 Å². The van der Waals surface area contributed by atoms with E-state index in [0.29, 0.717) is 0 Å². The number of aromatic nitrogens is 1. The van der Waals surface area contributed by atoms with E-state index in [4.69, 9.17) is 4.98 Å². The van der Waals surface area contributed by atoms with Crippen molar-refractivity contribution in [3.05, 3.63) is 52.7 Å². The molecule has 0 amide bonds. The van der Waals surface area contributed by atoms with E-state index in [1.165, 1.54) is 60.8 Å². The zero-order valence-corrected chi connectivity index (χ0v) is 14.5. The van der Waals surface area contributed by atoms with Crippen molar-refractivity contribution in [3.63, 3.8) is 0 Å². The topological polar surface area (TPSA) is 24.9 Å². The summed E-state index contributed by atoms with van der Waals surface area (Å²) in [6.45, 7) is 6.35. The Hall–Kier alpha value is -1.67. The third-order valence-electron chi connectivity index (χ3n) is 4.86. The lowest BCUT2D eigenvalue weighted by atomic mass is 9.90. The predicted octanol–water partition coefficient (Wildman–Crippen LogP) is 4.83. The highest BCUT2D eigenvalue weighted by atomic mass is 14.9. The van der Waals surface area contributed by atoms with Crippen LogP contribution in [0.4, 0.5) is 0 Å². The number of pyridine rings is 1. The number of unbranched alkanes of at least 4 members (excludes halogenated alkanes) is 1. The Morgan fingerprint density at radius 2 is 1.87 bits per heavy atom. The van der Waals surface area contributed by atoms with E-state index in [0.717, 1.165) is 24.5 Å². The summed E-state index contributed by atoms with van der Waals surface area (Å²) in [7, 11) is 0. The molecule has 0 bridgehead atoms. The molecule has 1 aliphatic rings. The van der Waals surface area contributed by atoms with Crippen LogP contribution >= 0.6 is 0 Å². The van der Waals surface area contributed by atoms with Gasteiger partial charge in [0.15, 0.2) is 0 Å². The minimum Gasteiger partial charge on any atom is -0.313 e. The molecule has 1 heterocycles. The minimum atomic E-state index is 0.920. The molecule has 23 heavy (non-hydrogen) atoms. The highest BCUT2D eigenvalue weighted by Gasteiger charge is 2.11. The minimum absolute atomic E-state index is 0.920. The molecule has 0 unspecified atom stereocenters. The highest BCUT2D eigenvalue weighted by molar-refractivity contribution is 5.62. The number of hydrogen-bond acceptors (Lipinski definition) is 2. The second kappa shape index (κ2) is 7.74. The first-order valence-corrected chi connectivity index (χ1v) is 9.07. The molecule has 0 saturated heterocycles. The zero-order chi connectivity index (χ0) is 16.1. The molecule has 0 saturated carbocycles. The van der Waals surface area contributed by atoms with Crippen LogP contribution in [0.3, 0.4) is 0 Å². The van der Waals surface area contributed by atoms with Gasteiger partial charge in [-0.25, -0.2) is 0 Å². The summed E-state index contributed by atoms with van der Waals surface area (Å²) in [6.07, 6.45) is 7.60. The molecule has 1 aromatic heterocycles. The molecular weight excluding hydrogens is 280 g/mol. The molecule has 2 heteroatoms. The average molecular weight is 308 g/mol. The number of hydrogen-bond donors (Lipinski definition) is 1. The van der Waals surface area contributed by atoms with E-state index in [9.17, 15) is 0 Å². The molecule has 1 N–H and O–H groups in total. The van der Waals surface area contributed by atoms with Crippen molar-refractivity contribution in [2.24, 2.45) is 0 Å². The fourth-order valence-electron chi connectivity index (χ4n) is 3.36. The van der Waals surface area contributed by atoms with E-state index >= 15 is 0 Å². The Kier molecular flexibility index (Phi) is 5.45. The first-order valence-electron chi connectivity index (χ1n) is 9.07. The van der Waals surface area contributed by atoms with Crippen LogP contribution in [-0.2, 0) is 19.4 Å². The second-order valence-corrected chi connectivity index (χ2v) is 6.66. The molecule has 1 aliphatic carbocycles. The first-order chi connectivity index (χ1) is 11.3. The van der Waals surface area contributed by atoms with Gasteiger partial charge in [0.25, 0.3) is 0 Å². The van der Waals surface area contributed by atoms with Gasteiger partial charge in [-0.15, -0.1) is 0 Å². The van der Waals surface area contributed by atoms with Crippen LogP contribution < -0.4 is 5.32 Å². The number of nitrogens with one attached hydrogen (secondary N) is 1. The standard InChI is InChI=1S/C21H28N2/c1-3-4-13-22-15-20-11-12-21(23-16(20)2)19-10-9-17-7-5-6-8-18(17)14-19/h9-12,14,22H,3-8,13,15H2,1-2H3. The normalized spacial score (nSPS) is 13.8. The van der Waals surface area contributed by atoms with Crippen LogP contribution in [0.2, 0.25) is 0 Å². The predicted molar refractivity (Wildman–Crippen MR) is 97.7 cm³/mol. The number of fused-ring (bicyclic) bond motifs is 1. The van der Waals surface area contributed by atoms with Gasteiger partial charge in [0.05, 0.1) is 5.69 Å². The van der Waals surface area contributed by atoms with Gasteiger partial charge in [0, 0.05) is 17.8 Å². The van der Waals surface area contributed by atoms with Gasteiger partial charge in [-0.1, -0.05) is 31.5 Å². The quantitative estimate of drug-likeness (QED) is 0.773. The average Bonchev–Trinajstić information content (AvgIpc) is 2.59. The molecule has 1 aromatic carbocycles. The smallest absolute Gasteiger partial charge is 0.0705 e. The van der Waals surface area contributed by atoms with Crippen molar-refractivity contribution in [1.29, 1.82) is 0 Å². The van der Waals surface area contributed by atoms with E-state index in [1.807, 2.05) is 0 Å². The number of benzene rings is 1. The molecule has 2 nitrogen and oxygen atoms in total. The molecule has 0 radical (unpaired) electrons. The van der Waals surface area contributed by atoms with Crippen LogP contribution in [0, 0.1) is 6.92 Å². The lowest BCUT2D eigenvalue weighted by molar-refractivity contribution is 0.638. The van der Waals surface area contributed by atoms with Gasteiger partial charge in [0.1, 0.15) is 0 Å². The van der Waals surface area contributed by atoms with Gasteiger partial charge < -0.3 is 5.32 Å². The summed E-state index contributed by atoms with van der Waals surface area (Å²) in [5.41, 5.74) is 7.88. The van der Waals surface area contributed by atoms with Crippen LogP contribution in [0.5, 0.6) is 0 Å². The second-order valence-electron chi connectivity index (χ2n) is 6.66. The highest BCUT2D eigenvalue weighted by Crippen LogP contribution is 2.27. The van der Waals surface area contributed by atoms with Crippen molar-refractivity contribution >= 4 is 0 Å². The van der Waals surface area contributed by atoms with E-state index in [-0.39, 0.29) is 0 Å². The summed E-state index contributed by atoms with van der Waals surface area (Å²) >= 11 is 0. The monoisotopic (exact) mass is 308 g/mol. The van der Waals surface area contributed by atoms with E-state index < -0.39 is 0 Å². The van der Waals surface area contributed by atoms with E-state index in [2.05, 4.69) is 49.5 Å². The molecule has 0 spiro atoms. The van der Waals surface area contributed by atoms with Crippen molar-refractivity contribution in [2.45, 2.75) is 58.9 Å². The van der Waals surface area contributed by atoms with Crippen molar-refractivity contribution < 1.29 is 0 Å². The molecule has 0 aliphatic heterocycles. The van der Waals surface area contributed by atoms with Crippen LogP contribution in [-0.4, -0.2) is 11.5 Å². The maximum atomic E-state index is 4.85. The summed E-state index contributed by atoms with van der Waals surface area (Å²) in [5, 5.41) is 3.50. The third-order valence-corrected chi connectivity index (χ3v) is 4.86. The van der Waals surface area contributed by atoms with Crippen LogP contribution in [0.25, 0.3) is 11.3 Å². The molecule has 0 fully saturated rings. The molecule has 0 atom stereocenters. The SMILES string of the molecule is CCCCNCc1ccc(-c2ccc3c(c2)CCCC3)nc1C. The Morgan fingerprint density at radius 1 is 1.04 bits per heavy atom. The largest absolute Gasteiger partial charge is 0.313 e. The third kappa shape index (κ3) is 4.00. The molecule has 2 aromatic rings. The number of aryl methyl sites for hydroxylation is 3. The van der Waals surface area contributed by atoms with Crippen LogP contribution in [0.15, 0.2) is 30.3 Å². The van der Waals surface area contributed by atoms with Gasteiger partial charge in [-0.05, 0) is 74.4 Å². The van der Waals surface area contributed by atoms with Crippen molar-refractivity contribution in [2.75, 3.05) is 6.54 Å². The molecule has 122 valence electrons. The Balaban J connectivity index is 1.74.